The van der Waals surface area contributed by atoms with Gasteiger partial charge in [0.15, 0.2) is 5.65 Å². The van der Waals surface area contributed by atoms with Crippen LogP contribution in [0.3, 0.4) is 0 Å². The van der Waals surface area contributed by atoms with Crippen LogP contribution >= 0.6 is 0 Å². The predicted octanol–water partition coefficient (Wildman–Crippen LogP) is 3.16. The third-order valence-electron chi connectivity index (χ3n) is 6.60. The molecular weight excluding hydrogens is 456 g/mol. The van der Waals surface area contributed by atoms with Gasteiger partial charge in [0.05, 0.1) is 12.8 Å². The lowest BCUT2D eigenvalue weighted by atomic mass is 10.1. The summed E-state index contributed by atoms with van der Waals surface area (Å²) in [4.78, 5) is 21.4. The molecule has 0 atom stereocenters. The maximum atomic E-state index is 12.5. The van der Waals surface area contributed by atoms with Gasteiger partial charge in [-0.2, -0.15) is 0 Å². The molecule has 10 nitrogen and oxygen atoms in total. The lowest BCUT2D eigenvalue weighted by molar-refractivity contribution is -0.131. The molecule has 5 rings (SSSR count). The van der Waals surface area contributed by atoms with E-state index in [1.807, 2.05) is 27.6 Å². The van der Waals surface area contributed by atoms with Crippen molar-refractivity contribution in [3.05, 3.63) is 60.9 Å². The smallest absolute Gasteiger partial charge is 0.222 e. The molecular formula is C26H32N8O2. The van der Waals surface area contributed by atoms with Gasteiger partial charge in [-0.25, -0.2) is 4.98 Å². The second kappa shape index (κ2) is 11.2. The molecule has 1 aromatic carbocycles. The van der Waals surface area contributed by atoms with Gasteiger partial charge >= 0.3 is 0 Å². The summed E-state index contributed by atoms with van der Waals surface area (Å²) in [6.07, 6.45) is 8.68. The summed E-state index contributed by atoms with van der Waals surface area (Å²) in [5.74, 6) is 1.73. The van der Waals surface area contributed by atoms with Gasteiger partial charge < -0.3 is 25.3 Å². The number of fused-ring (bicyclic) bond motifs is 1. The predicted molar refractivity (Wildman–Crippen MR) is 139 cm³/mol. The number of furan rings is 1. The first-order valence-electron chi connectivity index (χ1n) is 12.5. The van der Waals surface area contributed by atoms with E-state index < -0.39 is 0 Å². The number of hydrogen-bond acceptors (Lipinski definition) is 8. The Balaban J connectivity index is 1.21. The number of benzene rings is 1. The number of rotatable bonds is 10. The first-order chi connectivity index (χ1) is 17.7. The van der Waals surface area contributed by atoms with Crippen LogP contribution in [0.2, 0.25) is 0 Å². The minimum absolute atomic E-state index is 0.258. The maximum Gasteiger partial charge on any atom is 0.222 e. The molecule has 1 saturated heterocycles. The Morgan fingerprint density at radius 1 is 1.06 bits per heavy atom. The van der Waals surface area contributed by atoms with Crippen LogP contribution in [-0.4, -0.2) is 63.1 Å². The Hall–Kier alpha value is -3.92. The fourth-order valence-electron chi connectivity index (χ4n) is 4.55. The minimum Gasteiger partial charge on any atom is -0.467 e. The van der Waals surface area contributed by atoms with E-state index in [4.69, 9.17) is 10.2 Å². The van der Waals surface area contributed by atoms with Gasteiger partial charge in [-0.3, -0.25) is 9.20 Å². The summed E-state index contributed by atoms with van der Waals surface area (Å²) >= 11 is 0. The second-order valence-corrected chi connectivity index (χ2v) is 8.97. The molecule has 0 unspecified atom stereocenters. The Morgan fingerprint density at radius 3 is 2.64 bits per heavy atom. The molecule has 1 fully saturated rings. The molecule has 0 aliphatic carbocycles. The first kappa shape index (κ1) is 23.8. The second-order valence-electron chi connectivity index (χ2n) is 8.97. The molecule has 0 bridgehead atoms. The fraction of sp³-hybridized carbons (Fsp3) is 0.385. The zero-order chi connectivity index (χ0) is 24.7. The summed E-state index contributed by atoms with van der Waals surface area (Å²) in [5.41, 5.74) is 9.35. The van der Waals surface area contributed by atoms with E-state index in [1.54, 1.807) is 12.6 Å². The van der Waals surface area contributed by atoms with Crippen molar-refractivity contribution in [2.24, 2.45) is 5.73 Å². The number of aromatic nitrogens is 4. The highest BCUT2D eigenvalue weighted by Gasteiger charge is 2.21. The van der Waals surface area contributed by atoms with Crippen molar-refractivity contribution in [2.75, 3.05) is 42.9 Å². The summed E-state index contributed by atoms with van der Waals surface area (Å²) in [6.45, 7) is 4.40. The summed E-state index contributed by atoms with van der Waals surface area (Å²) in [7, 11) is 0. The number of unbranched alkanes of at least 4 members (excludes halogenated alkanes) is 2. The maximum absolute atomic E-state index is 12.5. The number of nitrogens with two attached hydrogens (primary N) is 1. The van der Waals surface area contributed by atoms with Crippen molar-refractivity contribution in [2.45, 2.75) is 32.2 Å². The molecule has 188 valence electrons. The summed E-state index contributed by atoms with van der Waals surface area (Å²) in [6, 6.07) is 12.2. The fourth-order valence-corrected chi connectivity index (χ4v) is 4.55. The molecule has 3 aromatic heterocycles. The van der Waals surface area contributed by atoms with E-state index in [2.05, 4.69) is 49.7 Å². The van der Waals surface area contributed by atoms with Crippen LogP contribution in [0.5, 0.6) is 0 Å². The van der Waals surface area contributed by atoms with Crippen molar-refractivity contribution in [3.8, 4) is 11.1 Å². The number of amides is 1. The van der Waals surface area contributed by atoms with E-state index >= 15 is 0 Å². The van der Waals surface area contributed by atoms with Gasteiger partial charge in [-0.1, -0.05) is 18.6 Å². The van der Waals surface area contributed by atoms with Crippen LogP contribution < -0.4 is 16.0 Å². The molecule has 1 amide bonds. The van der Waals surface area contributed by atoms with Gasteiger partial charge in [0.2, 0.25) is 11.9 Å². The third kappa shape index (κ3) is 5.33. The lowest BCUT2D eigenvalue weighted by Gasteiger charge is -2.36. The lowest BCUT2D eigenvalue weighted by Crippen LogP contribution is -2.48. The summed E-state index contributed by atoms with van der Waals surface area (Å²) in [5, 5.41) is 11.7. The monoisotopic (exact) mass is 488 g/mol. The zero-order valence-corrected chi connectivity index (χ0v) is 20.3. The minimum atomic E-state index is 0.258. The number of carbonyl (C=O) groups is 1. The molecule has 3 N–H and O–H groups in total. The number of nitrogens with zero attached hydrogens (tertiary/aromatic N) is 6. The topological polar surface area (TPSA) is 118 Å². The molecule has 4 aromatic rings. The molecule has 1 aliphatic rings. The zero-order valence-electron chi connectivity index (χ0n) is 20.3. The molecule has 36 heavy (non-hydrogen) atoms. The normalized spacial score (nSPS) is 13.9. The van der Waals surface area contributed by atoms with Crippen LogP contribution in [-0.2, 0) is 11.3 Å². The van der Waals surface area contributed by atoms with Gasteiger partial charge in [0, 0.05) is 50.0 Å². The first-order valence-corrected chi connectivity index (χ1v) is 12.5. The highest BCUT2D eigenvalue weighted by molar-refractivity contribution is 5.79. The number of hydrogen-bond donors (Lipinski definition) is 2. The molecule has 10 heteroatoms. The van der Waals surface area contributed by atoms with Gasteiger partial charge in [0.1, 0.15) is 12.1 Å². The van der Waals surface area contributed by atoms with E-state index in [0.717, 1.165) is 73.7 Å². The van der Waals surface area contributed by atoms with Crippen LogP contribution in [0, 0.1) is 0 Å². The average molecular weight is 489 g/mol. The third-order valence-corrected chi connectivity index (χ3v) is 6.60. The Labute approximate surface area is 210 Å². The number of carbonyl (C=O) groups excluding carboxylic acids is 1. The SMILES string of the molecule is NCCCCCC(=O)N1CCN(c2ccc(-c3cnc(NCc4ccco4)n4cnnc34)cc2)CC1. The van der Waals surface area contributed by atoms with Crippen molar-refractivity contribution < 1.29 is 9.21 Å². The van der Waals surface area contributed by atoms with Crippen LogP contribution in [0.1, 0.15) is 31.4 Å². The Kier molecular flexibility index (Phi) is 7.41. The van der Waals surface area contributed by atoms with Crippen molar-refractivity contribution in [1.82, 2.24) is 24.5 Å². The van der Waals surface area contributed by atoms with E-state index in [9.17, 15) is 4.79 Å². The molecule has 4 heterocycles. The van der Waals surface area contributed by atoms with Crippen LogP contribution in [0.15, 0.2) is 59.6 Å². The Morgan fingerprint density at radius 2 is 1.89 bits per heavy atom. The molecule has 0 spiro atoms. The van der Waals surface area contributed by atoms with Crippen molar-refractivity contribution >= 4 is 23.2 Å². The molecule has 0 saturated carbocycles. The van der Waals surface area contributed by atoms with E-state index in [-0.39, 0.29) is 5.91 Å². The van der Waals surface area contributed by atoms with Gasteiger partial charge in [-0.15, -0.1) is 10.2 Å². The van der Waals surface area contributed by atoms with Crippen molar-refractivity contribution in [3.63, 3.8) is 0 Å². The number of anilines is 2. The summed E-state index contributed by atoms with van der Waals surface area (Å²) < 4.78 is 7.23. The van der Waals surface area contributed by atoms with E-state index in [0.29, 0.717) is 25.5 Å². The van der Waals surface area contributed by atoms with Crippen LogP contribution in [0.4, 0.5) is 11.6 Å². The quantitative estimate of drug-likeness (QED) is 0.327. The van der Waals surface area contributed by atoms with E-state index in [1.165, 1.54) is 0 Å². The van der Waals surface area contributed by atoms with Gasteiger partial charge in [0.25, 0.3) is 0 Å². The van der Waals surface area contributed by atoms with Gasteiger partial charge in [-0.05, 0) is 49.2 Å². The van der Waals surface area contributed by atoms with Crippen molar-refractivity contribution in [1.29, 1.82) is 0 Å². The van der Waals surface area contributed by atoms with Crippen LogP contribution in [0.25, 0.3) is 16.8 Å². The molecule has 1 aliphatic heterocycles. The number of piperazine rings is 1. The molecule has 0 radical (unpaired) electrons. The Bertz CT molecular complexity index is 1260. The standard InChI is InChI=1S/C26H32N8O2/c27-11-3-1-2-6-24(35)33-14-12-32(13-15-33)21-9-7-20(8-10-21)23-18-29-26(34-19-30-31-25(23)34)28-17-22-5-4-16-36-22/h4-5,7-10,16,18-19H,1-3,6,11-15,17,27H2,(H,28,29). The highest BCUT2D eigenvalue weighted by atomic mass is 16.3. The average Bonchev–Trinajstić information content (AvgIpc) is 3.63. The highest BCUT2D eigenvalue weighted by Crippen LogP contribution is 2.27. The largest absolute Gasteiger partial charge is 0.467 e. The number of nitrogens with one attached hydrogen (secondary N) is 1.